The van der Waals surface area contributed by atoms with Crippen LogP contribution in [0.2, 0.25) is 0 Å². The highest BCUT2D eigenvalue weighted by Gasteiger charge is 2.13. The highest BCUT2D eigenvalue weighted by Crippen LogP contribution is 2.21. The Balaban J connectivity index is 1.40. The molecular formula is C22H17FN4O3. The van der Waals surface area contributed by atoms with Crippen LogP contribution in [0, 0.1) is 5.82 Å². The molecule has 1 amide bonds. The maximum atomic E-state index is 12.9. The molecule has 0 unspecified atom stereocenters. The molecule has 4 rings (SSSR count). The molecular weight excluding hydrogens is 387 g/mol. The molecule has 0 spiro atoms. The van der Waals surface area contributed by atoms with E-state index in [-0.39, 0.29) is 18.3 Å². The van der Waals surface area contributed by atoms with E-state index in [0.29, 0.717) is 29.6 Å². The zero-order chi connectivity index (χ0) is 20.8. The molecule has 4 aromatic rings. The third-order valence-electron chi connectivity index (χ3n) is 4.20. The predicted molar refractivity (Wildman–Crippen MR) is 107 cm³/mol. The first-order chi connectivity index (χ1) is 14.7. The number of halogens is 1. The summed E-state index contributed by atoms with van der Waals surface area (Å²) in [6.45, 7) is -0.203. The van der Waals surface area contributed by atoms with Crippen molar-refractivity contribution >= 4 is 11.6 Å². The molecule has 0 fully saturated rings. The summed E-state index contributed by atoms with van der Waals surface area (Å²) in [4.78, 5) is 20.7. The number of ether oxygens (including phenoxy) is 1. The van der Waals surface area contributed by atoms with Crippen molar-refractivity contribution in [2.45, 2.75) is 6.42 Å². The zero-order valence-corrected chi connectivity index (χ0v) is 15.8. The highest BCUT2D eigenvalue weighted by molar-refractivity contribution is 5.92. The van der Waals surface area contributed by atoms with Gasteiger partial charge in [-0.15, -0.1) is 0 Å². The Morgan fingerprint density at radius 1 is 1.07 bits per heavy atom. The fraction of sp³-hybridized carbons (Fsp3) is 0.0909. The number of hydrogen-bond acceptors (Lipinski definition) is 6. The number of nitrogens with one attached hydrogen (secondary N) is 1. The Morgan fingerprint density at radius 2 is 1.90 bits per heavy atom. The summed E-state index contributed by atoms with van der Waals surface area (Å²) in [5, 5.41) is 6.80. The van der Waals surface area contributed by atoms with Gasteiger partial charge in [-0.05, 0) is 48.0 Å². The average molecular weight is 404 g/mol. The van der Waals surface area contributed by atoms with Crippen LogP contribution in [0.4, 0.5) is 10.1 Å². The molecule has 2 aromatic carbocycles. The largest absolute Gasteiger partial charge is 0.484 e. The number of para-hydroxylation sites is 1. The SMILES string of the molecule is O=C(COc1ccc(F)cc1)Nc1ccccc1Cc1nc(-c2cccnc2)no1. The number of aromatic nitrogens is 3. The number of amides is 1. The Bertz CT molecular complexity index is 1130. The summed E-state index contributed by atoms with van der Waals surface area (Å²) in [6.07, 6.45) is 3.68. The molecule has 0 aliphatic heterocycles. The van der Waals surface area contributed by atoms with Crippen LogP contribution < -0.4 is 10.1 Å². The Labute approximate surface area is 171 Å². The van der Waals surface area contributed by atoms with Gasteiger partial charge in [0.1, 0.15) is 11.6 Å². The lowest BCUT2D eigenvalue weighted by Crippen LogP contribution is -2.21. The number of hydrogen-bond donors (Lipinski definition) is 1. The van der Waals surface area contributed by atoms with Gasteiger partial charge in [-0.1, -0.05) is 23.4 Å². The van der Waals surface area contributed by atoms with E-state index in [4.69, 9.17) is 9.26 Å². The summed E-state index contributed by atoms with van der Waals surface area (Å²) in [5.41, 5.74) is 2.19. The molecule has 7 nitrogen and oxygen atoms in total. The predicted octanol–water partition coefficient (Wildman–Crippen LogP) is 3.88. The standard InChI is InChI=1S/C22H17FN4O3/c23-17-7-9-18(10-8-17)29-14-20(28)25-19-6-2-1-4-15(19)12-21-26-22(27-30-21)16-5-3-11-24-13-16/h1-11,13H,12,14H2,(H,25,28). The molecule has 0 aliphatic carbocycles. The Kier molecular flexibility index (Phi) is 5.75. The van der Waals surface area contributed by atoms with Gasteiger partial charge in [0, 0.05) is 23.6 Å². The van der Waals surface area contributed by atoms with E-state index in [0.717, 1.165) is 11.1 Å². The molecule has 2 heterocycles. The Hall–Kier alpha value is -4.07. The third-order valence-corrected chi connectivity index (χ3v) is 4.20. The number of nitrogens with zero attached hydrogens (tertiary/aromatic N) is 3. The van der Waals surface area contributed by atoms with Crippen molar-refractivity contribution in [1.29, 1.82) is 0 Å². The van der Waals surface area contributed by atoms with Gasteiger partial charge in [-0.25, -0.2) is 4.39 Å². The van der Waals surface area contributed by atoms with E-state index in [1.54, 1.807) is 24.5 Å². The fourth-order valence-corrected chi connectivity index (χ4v) is 2.76. The lowest BCUT2D eigenvalue weighted by molar-refractivity contribution is -0.118. The van der Waals surface area contributed by atoms with Crippen molar-refractivity contribution in [2.75, 3.05) is 11.9 Å². The van der Waals surface area contributed by atoms with E-state index in [1.807, 2.05) is 24.3 Å². The second kappa shape index (κ2) is 8.95. The first-order valence-electron chi connectivity index (χ1n) is 9.16. The first kappa shape index (κ1) is 19.3. The lowest BCUT2D eigenvalue weighted by atomic mass is 10.1. The van der Waals surface area contributed by atoms with Gasteiger partial charge in [0.25, 0.3) is 5.91 Å². The minimum atomic E-state index is -0.367. The minimum Gasteiger partial charge on any atom is -0.484 e. The van der Waals surface area contributed by atoms with Crippen LogP contribution in [-0.2, 0) is 11.2 Å². The van der Waals surface area contributed by atoms with Crippen molar-refractivity contribution in [2.24, 2.45) is 0 Å². The molecule has 2 aromatic heterocycles. The number of rotatable bonds is 7. The third kappa shape index (κ3) is 4.85. The van der Waals surface area contributed by atoms with Crippen LogP contribution in [0.1, 0.15) is 11.5 Å². The summed E-state index contributed by atoms with van der Waals surface area (Å²) >= 11 is 0. The van der Waals surface area contributed by atoms with Gasteiger partial charge < -0.3 is 14.6 Å². The van der Waals surface area contributed by atoms with E-state index in [1.165, 1.54) is 24.3 Å². The van der Waals surface area contributed by atoms with Gasteiger partial charge in [0.05, 0.1) is 6.42 Å². The maximum absolute atomic E-state index is 12.9. The van der Waals surface area contributed by atoms with Crippen LogP contribution in [0.3, 0.4) is 0 Å². The monoisotopic (exact) mass is 404 g/mol. The molecule has 0 bridgehead atoms. The quantitative estimate of drug-likeness (QED) is 0.503. The lowest BCUT2D eigenvalue weighted by Gasteiger charge is -2.10. The van der Waals surface area contributed by atoms with E-state index in [2.05, 4.69) is 20.4 Å². The summed E-state index contributed by atoms with van der Waals surface area (Å²) in [7, 11) is 0. The van der Waals surface area contributed by atoms with Gasteiger partial charge in [-0.2, -0.15) is 4.98 Å². The van der Waals surface area contributed by atoms with Gasteiger partial charge in [-0.3, -0.25) is 9.78 Å². The molecule has 1 N–H and O–H groups in total. The molecule has 0 radical (unpaired) electrons. The Morgan fingerprint density at radius 3 is 2.70 bits per heavy atom. The number of carbonyl (C=O) groups excluding carboxylic acids is 1. The molecule has 8 heteroatoms. The van der Waals surface area contributed by atoms with Gasteiger partial charge in [0.15, 0.2) is 6.61 Å². The molecule has 0 atom stereocenters. The summed E-state index contributed by atoms with van der Waals surface area (Å²) in [5.74, 6) is 0.570. The first-order valence-corrected chi connectivity index (χ1v) is 9.16. The smallest absolute Gasteiger partial charge is 0.262 e. The fourth-order valence-electron chi connectivity index (χ4n) is 2.76. The van der Waals surface area contributed by atoms with Crippen LogP contribution in [-0.4, -0.2) is 27.6 Å². The molecule has 0 saturated heterocycles. The molecule has 0 aliphatic rings. The van der Waals surface area contributed by atoms with E-state index in [9.17, 15) is 9.18 Å². The van der Waals surface area contributed by atoms with Crippen molar-refractivity contribution in [3.05, 3.63) is 90.3 Å². The van der Waals surface area contributed by atoms with E-state index < -0.39 is 0 Å². The number of pyridine rings is 1. The van der Waals surface area contributed by atoms with Crippen LogP contribution in [0.25, 0.3) is 11.4 Å². The van der Waals surface area contributed by atoms with Crippen LogP contribution in [0.5, 0.6) is 5.75 Å². The molecule has 0 saturated carbocycles. The van der Waals surface area contributed by atoms with Crippen LogP contribution >= 0.6 is 0 Å². The van der Waals surface area contributed by atoms with Crippen LogP contribution in [0.15, 0.2) is 77.6 Å². The second-order valence-electron chi connectivity index (χ2n) is 6.38. The normalized spacial score (nSPS) is 10.6. The average Bonchev–Trinajstić information content (AvgIpc) is 3.24. The summed E-state index contributed by atoms with van der Waals surface area (Å²) in [6, 6.07) is 16.4. The number of anilines is 1. The van der Waals surface area contributed by atoms with Crippen molar-refractivity contribution < 1.29 is 18.4 Å². The van der Waals surface area contributed by atoms with Gasteiger partial charge in [0.2, 0.25) is 11.7 Å². The van der Waals surface area contributed by atoms with E-state index >= 15 is 0 Å². The molecule has 30 heavy (non-hydrogen) atoms. The summed E-state index contributed by atoms with van der Waals surface area (Å²) < 4.78 is 23.7. The highest BCUT2D eigenvalue weighted by atomic mass is 19.1. The van der Waals surface area contributed by atoms with Crippen molar-refractivity contribution in [3.63, 3.8) is 0 Å². The number of benzene rings is 2. The van der Waals surface area contributed by atoms with Crippen molar-refractivity contribution in [1.82, 2.24) is 15.1 Å². The molecule has 150 valence electrons. The topological polar surface area (TPSA) is 90.1 Å². The minimum absolute atomic E-state index is 0.203. The van der Waals surface area contributed by atoms with Crippen molar-refractivity contribution in [3.8, 4) is 17.1 Å². The number of carbonyl (C=O) groups is 1. The van der Waals surface area contributed by atoms with Gasteiger partial charge >= 0.3 is 0 Å². The zero-order valence-electron chi connectivity index (χ0n) is 15.8. The second-order valence-corrected chi connectivity index (χ2v) is 6.38. The maximum Gasteiger partial charge on any atom is 0.262 e.